The van der Waals surface area contributed by atoms with Gasteiger partial charge < -0.3 is 13.8 Å². The first-order valence-corrected chi connectivity index (χ1v) is 13.4. The summed E-state index contributed by atoms with van der Waals surface area (Å²) in [4.78, 5) is 35.7. The molecule has 3 heterocycles. The van der Waals surface area contributed by atoms with E-state index in [0.717, 1.165) is 6.42 Å². The SMILES string of the molecule is CC(C)C(=O)Nc1nc2c(ncn2C2CCC(COP(OCCC#N)N(C(C)C)C(C)C)O2)c(=O)[nH]1. The van der Waals surface area contributed by atoms with E-state index in [1.165, 1.54) is 6.33 Å². The second kappa shape index (κ2) is 12.7. The van der Waals surface area contributed by atoms with Gasteiger partial charge in [0, 0.05) is 18.0 Å². The minimum Gasteiger partial charge on any atom is -0.352 e. The van der Waals surface area contributed by atoms with Gasteiger partial charge in [-0.05, 0) is 40.5 Å². The van der Waals surface area contributed by atoms with Crippen LogP contribution in [0.1, 0.15) is 67.0 Å². The number of hydrogen-bond donors (Lipinski definition) is 2. The number of carbonyl (C=O) groups is 1. The largest absolute Gasteiger partial charge is 0.352 e. The topological polar surface area (TPSA) is 147 Å². The third kappa shape index (κ3) is 6.87. The fourth-order valence-electron chi connectivity index (χ4n) is 3.93. The molecule has 36 heavy (non-hydrogen) atoms. The van der Waals surface area contributed by atoms with Crippen molar-refractivity contribution in [2.75, 3.05) is 18.5 Å². The molecule has 12 nitrogen and oxygen atoms in total. The molecule has 1 aliphatic rings. The number of fused-ring (bicyclic) bond motifs is 1. The Hall–Kier alpha value is -2.42. The molecule has 0 aliphatic carbocycles. The second-order valence-corrected chi connectivity index (χ2v) is 11.0. The number of hydrogen-bond acceptors (Lipinski definition) is 9. The van der Waals surface area contributed by atoms with Crippen molar-refractivity contribution in [3.8, 4) is 6.07 Å². The number of imidazole rings is 1. The number of nitriles is 1. The lowest BCUT2D eigenvalue weighted by atomic mass is 10.2. The van der Waals surface area contributed by atoms with Gasteiger partial charge in [0.2, 0.25) is 11.9 Å². The van der Waals surface area contributed by atoms with Gasteiger partial charge in [-0.3, -0.25) is 24.5 Å². The number of anilines is 1. The number of nitrogens with zero attached hydrogens (tertiary/aromatic N) is 5. The molecule has 13 heteroatoms. The van der Waals surface area contributed by atoms with Crippen LogP contribution in [0.5, 0.6) is 0 Å². The van der Waals surface area contributed by atoms with Crippen molar-refractivity contribution in [2.24, 2.45) is 5.92 Å². The highest BCUT2D eigenvalue weighted by atomic mass is 31.2. The lowest BCUT2D eigenvalue weighted by Crippen LogP contribution is -2.34. The van der Waals surface area contributed by atoms with Crippen LogP contribution < -0.4 is 10.9 Å². The Balaban J connectivity index is 1.70. The van der Waals surface area contributed by atoms with Gasteiger partial charge >= 0.3 is 0 Å². The molecule has 0 aromatic carbocycles. The van der Waals surface area contributed by atoms with E-state index in [9.17, 15) is 9.59 Å². The second-order valence-electron chi connectivity index (χ2n) is 9.52. The molecule has 2 aromatic heterocycles. The van der Waals surface area contributed by atoms with E-state index in [4.69, 9.17) is 19.0 Å². The molecule has 3 unspecified atom stereocenters. The van der Waals surface area contributed by atoms with Gasteiger partial charge in [-0.1, -0.05) is 13.8 Å². The number of aromatic amines is 1. The zero-order valence-electron chi connectivity index (χ0n) is 21.7. The summed E-state index contributed by atoms with van der Waals surface area (Å²) in [6.07, 6.45) is 2.71. The number of aromatic nitrogens is 4. The number of amides is 1. The van der Waals surface area contributed by atoms with E-state index in [0.29, 0.717) is 31.7 Å². The van der Waals surface area contributed by atoms with E-state index in [1.807, 2.05) is 0 Å². The van der Waals surface area contributed by atoms with Crippen LogP contribution >= 0.6 is 8.53 Å². The van der Waals surface area contributed by atoms with Crippen molar-refractivity contribution < 1.29 is 18.6 Å². The molecule has 0 radical (unpaired) electrons. The Morgan fingerprint density at radius 1 is 1.31 bits per heavy atom. The maximum absolute atomic E-state index is 12.5. The Bertz CT molecular complexity index is 1120. The molecule has 0 saturated carbocycles. The van der Waals surface area contributed by atoms with Crippen molar-refractivity contribution in [1.82, 2.24) is 24.2 Å². The van der Waals surface area contributed by atoms with Crippen molar-refractivity contribution in [1.29, 1.82) is 5.26 Å². The van der Waals surface area contributed by atoms with Gasteiger partial charge in [-0.15, -0.1) is 0 Å². The molecule has 1 fully saturated rings. The molecule has 2 N–H and O–H groups in total. The molecule has 1 aliphatic heterocycles. The highest BCUT2D eigenvalue weighted by Gasteiger charge is 2.32. The summed E-state index contributed by atoms with van der Waals surface area (Å²) < 4.78 is 22.3. The molecule has 2 aromatic rings. The van der Waals surface area contributed by atoms with Crippen molar-refractivity contribution in [3.63, 3.8) is 0 Å². The normalized spacial score (nSPS) is 19.0. The van der Waals surface area contributed by atoms with Crippen LogP contribution in [-0.4, -0.2) is 61.5 Å². The van der Waals surface area contributed by atoms with Crippen molar-refractivity contribution in [2.45, 2.75) is 85.2 Å². The van der Waals surface area contributed by atoms with Crippen LogP contribution in [0.3, 0.4) is 0 Å². The predicted octanol–water partition coefficient (Wildman–Crippen LogP) is 3.68. The maximum atomic E-state index is 12.5. The van der Waals surface area contributed by atoms with Gasteiger partial charge in [0.15, 0.2) is 11.2 Å². The van der Waals surface area contributed by atoms with Gasteiger partial charge in [0.05, 0.1) is 38.1 Å². The van der Waals surface area contributed by atoms with Crippen LogP contribution in [0.25, 0.3) is 11.2 Å². The number of ether oxygens (including phenoxy) is 1. The molecule has 198 valence electrons. The molecule has 0 spiro atoms. The molecular weight excluding hydrogens is 485 g/mol. The smallest absolute Gasteiger partial charge is 0.280 e. The van der Waals surface area contributed by atoms with Crippen molar-refractivity contribution in [3.05, 3.63) is 16.7 Å². The first kappa shape index (κ1) is 28.2. The third-order valence-electron chi connectivity index (χ3n) is 5.63. The first-order chi connectivity index (χ1) is 17.1. The van der Waals surface area contributed by atoms with Gasteiger partial charge in [-0.25, -0.2) is 9.65 Å². The van der Waals surface area contributed by atoms with Crippen LogP contribution in [0.4, 0.5) is 5.95 Å². The fraction of sp³-hybridized carbons (Fsp3) is 0.696. The summed E-state index contributed by atoms with van der Waals surface area (Å²) >= 11 is 0. The Morgan fingerprint density at radius 2 is 2.03 bits per heavy atom. The highest BCUT2D eigenvalue weighted by molar-refractivity contribution is 7.44. The molecule has 1 saturated heterocycles. The lowest BCUT2D eigenvalue weighted by molar-refractivity contribution is -0.118. The molecule has 0 bridgehead atoms. The van der Waals surface area contributed by atoms with Crippen molar-refractivity contribution >= 4 is 31.5 Å². The van der Waals surface area contributed by atoms with E-state index in [2.05, 4.69) is 58.7 Å². The third-order valence-corrected chi connectivity index (χ3v) is 7.70. The van der Waals surface area contributed by atoms with E-state index < -0.39 is 14.1 Å². The molecule has 1 amide bonds. The minimum atomic E-state index is -1.36. The number of nitrogens with one attached hydrogen (secondary N) is 2. The summed E-state index contributed by atoms with van der Waals surface area (Å²) in [5.74, 6) is -0.428. The highest BCUT2D eigenvalue weighted by Crippen LogP contribution is 2.46. The quantitative estimate of drug-likeness (QED) is 0.315. The average Bonchev–Trinajstić information content (AvgIpc) is 3.44. The monoisotopic (exact) mass is 521 g/mol. The first-order valence-electron chi connectivity index (χ1n) is 12.3. The van der Waals surface area contributed by atoms with Gasteiger partial charge in [0.25, 0.3) is 14.1 Å². The fourth-order valence-corrected chi connectivity index (χ4v) is 5.57. The minimum absolute atomic E-state index is 0.0773. The summed E-state index contributed by atoms with van der Waals surface area (Å²) in [7, 11) is -1.36. The van der Waals surface area contributed by atoms with Crippen LogP contribution in [0.2, 0.25) is 0 Å². The number of carbonyl (C=O) groups excluding carboxylic acids is 1. The van der Waals surface area contributed by atoms with Crippen LogP contribution in [0, 0.1) is 17.2 Å². The van der Waals surface area contributed by atoms with Gasteiger partial charge in [-0.2, -0.15) is 10.2 Å². The summed E-state index contributed by atoms with van der Waals surface area (Å²) in [6, 6.07) is 2.52. The summed E-state index contributed by atoms with van der Waals surface area (Å²) in [6.45, 7) is 12.5. The van der Waals surface area contributed by atoms with Crippen LogP contribution in [0.15, 0.2) is 11.1 Å². The van der Waals surface area contributed by atoms with Gasteiger partial charge in [0.1, 0.15) is 6.23 Å². The zero-order chi connectivity index (χ0) is 26.4. The summed E-state index contributed by atoms with van der Waals surface area (Å²) in [5, 5.41) is 11.5. The molecular formula is C23H36N7O5P. The molecule has 3 rings (SSSR count). The number of H-pyrrole nitrogens is 1. The van der Waals surface area contributed by atoms with E-state index >= 15 is 0 Å². The summed E-state index contributed by atoms with van der Waals surface area (Å²) in [5.41, 5.74) is 0.0929. The number of rotatable bonds is 12. The zero-order valence-corrected chi connectivity index (χ0v) is 22.6. The predicted molar refractivity (Wildman–Crippen MR) is 136 cm³/mol. The Kier molecular flexibility index (Phi) is 9.93. The maximum Gasteiger partial charge on any atom is 0.280 e. The Labute approximate surface area is 212 Å². The lowest BCUT2D eigenvalue weighted by Gasteiger charge is -2.36. The Morgan fingerprint density at radius 3 is 2.67 bits per heavy atom. The van der Waals surface area contributed by atoms with E-state index in [1.54, 1.807) is 18.4 Å². The average molecular weight is 522 g/mol. The van der Waals surface area contributed by atoms with Crippen LogP contribution in [-0.2, 0) is 18.6 Å². The molecule has 3 atom stereocenters. The van der Waals surface area contributed by atoms with E-state index in [-0.39, 0.29) is 47.7 Å². The standard InChI is InChI=1S/C23H36N7O5P/c1-14(2)21(31)27-23-26-20-19(22(32)28-23)25-13-29(20)18-9-8-17(35-18)12-34-36(33-11-7-10-24)30(15(3)4)16(5)6/h13-18H,7-9,11-12H2,1-6H3,(H2,26,27,28,31,32).